The molecule has 7 heteroatoms. The predicted molar refractivity (Wildman–Crippen MR) is 103 cm³/mol. The molecule has 0 spiro atoms. The van der Waals surface area contributed by atoms with Crippen molar-refractivity contribution >= 4 is 21.6 Å². The molecule has 2 aliphatic heterocycles. The molecule has 2 fully saturated rings. The SMILES string of the molecule is CS(=O)(=O)N1CCCC(C(=O)NCc2ccc(N3CCCCC3)cc2)C1. The minimum atomic E-state index is -3.23. The zero-order valence-electron chi connectivity index (χ0n) is 15.5. The lowest BCUT2D eigenvalue weighted by molar-refractivity contribution is -0.126. The number of rotatable bonds is 5. The number of piperidine rings is 2. The van der Waals surface area contributed by atoms with Gasteiger partial charge in [0.15, 0.2) is 0 Å². The number of hydrogen-bond donors (Lipinski definition) is 1. The van der Waals surface area contributed by atoms with Crippen LogP contribution in [0.25, 0.3) is 0 Å². The van der Waals surface area contributed by atoms with E-state index >= 15 is 0 Å². The van der Waals surface area contributed by atoms with Gasteiger partial charge in [-0.3, -0.25) is 4.79 Å². The highest BCUT2D eigenvalue weighted by atomic mass is 32.2. The van der Waals surface area contributed by atoms with Crippen molar-refractivity contribution in [2.45, 2.75) is 38.6 Å². The van der Waals surface area contributed by atoms with Crippen LogP contribution in [0.5, 0.6) is 0 Å². The van der Waals surface area contributed by atoms with Crippen LogP contribution in [0.3, 0.4) is 0 Å². The molecule has 0 radical (unpaired) electrons. The van der Waals surface area contributed by atoms with E-state index in [0.717, 1.165) is 31.5 Å². The minimum absolute atomic E-state index is 0.0570. The first kappa shape index (κ1) is 19.2. The van der Waals surface area contributed by atoms with Crippen LogP contribution in [0.15, 0.2) is 24.3 Å². The van der Waals surface area contributed by atoms with Crippen LogP contribution >= 0.6 is 0 Å². The maximum Gasteiger partial charge on any atom is 0.224 e. The molecule has 1 amide bonds. The summed E-state index contributed by atoms with van der Waals surface area (Å²) < 4.78 is 24.8. The normalized spacial score (nSPS) is 22.2. The number of nitrogens with one attached hydrogen (secondary N) is 1. The van der Waals surface area contributed by atoms with E-state index in [4.69, 9.17) is 0 Å². The number of anilines is 1. The number of benzene rings is 1. The lowest BCUT2D eigenvalue weighted by atomic mass is 9.98. The van der Waals surface area contributed by atoms with E-state index in [2.05, 4.69) is 34.5 Å². The Labute approximate surface area is 156 Å². The zero-order valence-corrected chi connectivity index (χ0v) is 16.3. The van der Waals surface area contributed by atoms with Crippen LogP contribution in [0.1, 0.15) is 37.7 Å². The van der Waals surface area contributed by atoms with Gasteiger partial charge in [0.1, 0.15) is 0 Å². The Hall–Kier alpha value is -1.60. The van der Waals surface area contributed by atoms with Crippen molar-refractivity contribution in [2.24, 2.45) is 5.92 Å². The molecule has 0 aliphatic carbocycles. The van der Waals surface area contributed by atoms with Gasteiger partial charge in [0.05, 0.1) is 12.2 Å². The molecule has 1 unspecified atom stereocenters. The summed E-state index contributed by atoms with van der Waals surface area (Å²) in [5, 5.41) is 2.97. The fourth-order valence-electron chi connectivity index (χ4n) is 3.77. The number of sulfonamides is 1. The van der Waals surface area contributed by atoms with Gasteiger partial charge in [0.2, 0.25) is 15.9 Å². The van der Waals surface area contributed by atoms with Crippen molar-refractivity contribution in [1.29, 1.82) is 0 Å². The number of nitrogens with zero attached hydrogens (tertiary/aromatic N) is 2. The highest BCUT2D eigenvalue weighted by Gasteiger charge is 2.29. The van der Waals surface area contributed by atoms with Crippen LogP contribution in [0.2, 0.25) is 0 Å². The summed E-state index contributed by atoms with van der Waals surface area (Å²) in [4.78, 5) is 14.8. The summed E-state index contributed by atoms with van der Waals surface area (Å²) in [5.41, 5.74) is 2.31. The highest BCUT2D eigenvalue weighted by Crippen LogP contribution is 2.21. The Morgan fingerprint density at radius 1 is 1.08 bits per heavy atom. The molecule has 0 aromatic heterocycles. The summed E-state index contributed by atoms with van der Waals surface area (Å²) in [6.45, 7) is 3.52. The van der Waals surface area contributed by atoms with Crippen molar-refractivity contribution in [1.82, 2.24) is 9.62 Å². The Balaban J connectivity index is 1.51. The largest absolute Gasteiger partial charge is 0.372 e. The average molecular weight is 380 g/mol. The molecule has 26 heavy (non-hydrogen) atoms. The van der Waals surface area contributed by atoms with E-state index in [0.29, 0.717) is 19.6 Å². The number of hydrogen-bond acceptors (Lipinski definition) is 4. The Morgan fingerprint density at radius 2 is 1.77 bits per heavy atom. The first-order valence-corrected chi connectivity index (χ1v) is 11.3. The molecular formula is C19H29N3O3S. The molecule has 1 N–H and O–H groups in total. The standard InChI is InChI=1S/C19H29N3O3S/c1-26(24,25)22-13-5-6-17(15-22)19(23)20-14-16-7-9-18(10-8-16)21-11-3-2-4-12-21/h7-10,17H,2-6,11-15H2,1H3,(H,20,23). The van der Waals surface area contributed by atoms with Crippen LogP contribution in [0.4, 0.5) is 5.69 Å². The van der Waals surface area contributed by atoms with Gasteiger partial charge in [0, 0.05) is 38.4 Å². The molecule has 1 atom stereocenters. The number of amides is 1. The fraction of sp³-hybridized carbons (Fsp3) is 0.632. The molecule has 0 bridgehead atoms. The summed E-state index contributed by atoms with van der Waals surface area (Å²) in [5.74, 6) is -0.315. The van der Waals surface area contributed by atoms with Gasteiger partial charge in [0.25, 0.3) is 0 Å². The second-order valence-corrected chi connectivity index (χ2v) is 9.37. The quantitative estimate of drug-likeness (QED) is 0.849. The average Bonchev–Trinajstić information content (AvgIpc) is 2.66. The summed E-state index contributed by atoms with van der Waals surface area (Å²) in [7, 11) is -3.23. The maximum absolute atomic E-state index is 12.4. The van der Waals surface area contributed by atoms with Crippen LogP contribution < -0.4 is 10.2 Å². The lowest BCUT2D eigenvalue weighted by Gasteiger charge is -2.30. The van der Waals surface area contributed by atoms with Gasteiger partial charge in [-0.1, -0.05) is 12.1 Å². The third kappa shape index (κ3) is 4.98. The summed E-state index contributed by atoms with van der Waals surface area (Å²) in [6.07, 6.45) is 6.50. The first-order chi connectivity index (χ1) is 12.4. The fourth-order valence-corrected chi connectivity index (χ4v) is 4.68. The van der Waals surface area contributed by atoms with E-state index in [1.54, 1.807) is 0 Å². The molecule has 1 aromatic carbocycles. The Morgan fingerprint density at radius 3 is 2.42 bits per heavy atom. The van der Waals surface area contributed by atoms with E-state index in [9.17, 15) is 13.2 Å². The molecular weight excluding hydrogens is 350 g/mol. The van der Waals surface area contributed by atoms with Crippen LogP contribution in [-0.4, -0.2) is 51.1 Å². The second-order valence-electron chi connectivity index (χ2n) is 7.39. The van der Waals surface area contributed by atoms with Crippen LogP contribution in [-0.2, 0) is 21.4 Å². The van der Waals surface area contributed by atoms with Gasteiger partial charge < -0.3 is 10.2 Å². The number of carbonyl (C=O) groups excluding carboxylic acids is 1. The molecule has 1 aromatic rings. The highest BCUT2D eigenvalue weighted by molar-refractivity contribution is 7.88. The van der Waals surface area contributed by atoms with Gasteiger partial charge >= 0.3 is 0 Å². The molecule has 3 rings (SSSR count). The number of carbonyl (C=O) groups is 1. The van der Waals surface area contributed by atoms with Gasteiger partial charge in [-0.2, -0.15) is 0 Å². The molecule has 0 saturated carbocycles. The first-order valence-electron chi connectivity index (χ1n) is 9.50. The van der Waals surface area contributed by atoms with Gasteiger partial charge in [-0.15, -0.1) is 0 Å². The van der Waals surface area contributed by atoms with Crippen molar-refractivity contribution in [3.63, 3.8) is 0 Å². The third-order valence-corrected chi connectivity index (χ3v) is 6.62. The predicted octanol–water partition coefficient (Wildman–Crippen LogP) is 1.96. The molecule has 2 heterocycles. The molecule has 2 aliphatic rings. The maximum atomic E-state index is 12.4. The zero-order chi connectivity index (χ0) is 18.6. The van der Waals surface area contributed by atoms with E-state index in [1.807, 2.05) is 0 Å². The minimum Gasteiger partial charge on any atom is -0.372 e. The smallest absolute Gasteiger partial charge is 0.224 e. The lowest BCUT2D eigenvalue weighted by Crippen LogP contribution is -2.44. The van der Waals surface area contributed by atoms with Crippen molar-refractivity contribution in [3.05, 3.63) is 29.8 Å². The molecule has 2 saturated heterocycles. The molecule has 144 valence electrons. The van der Waals surface area contributed by atoms with E-state index in [1.165, 1.54) is 35.5 Å². The monoisotopic (exact) mass is 379 g/mol. The van der Waals surface area contributed by atoms with E-state index < -0.39 is 10.0 Å². The van der Waals surface area contributed by atoms with Crippen molar-refractivity contribution in [2.75, 3.05) is 37.3 Å². The van der Waals surface area contributed by atoms with Crippen LogP contribution in [0, 0.1) is 5.92 Å². The van der Waals surface area contributed by atoms with Gasteiger partial charge in [-0.25, -0.2) is 12.7 Å². The topological polar surface area (TPSA) is 69.7 Å². The third-order valence-electron chi connectivity index (χ3n) is 5.35. The molecule has 6 nitrogen and oxygen atoms in total. The second kappa shape index (κ2) is 8.39. The van der Waals surface area contributed by atoms with E-state index in [-0.39, 0.29) is 11.8 Å². The summed E-state index contributed by atoms with van der Waals surface area (Å²) >= 11 is 0. The van der Waals surface area contributed by atoms with Crippen molar-refractivity contribution in [3.8, 4) is 0 Å². The van der Waals surface area contributed by atoms with Gasteiger partial charge in [-0.05, 0) is 49.8 Å². The van der Waals surface area contributed by atoms with Crippen molar-refractivity contribution < 1.29 is 13.2 Å². The summed E-state index contributed by atoms with van der Waals surface area (Å²) in [6, 6.07) is 8.37. The Bertz CT molecular complexity index is 712. The Kier molecular flexibility index (Phi) is 6.19.